The highest BCUT2D eigenvalue weighted by Gasteiger charge is 2.40. The first-order chi connectivity index (χ1) is 14.2. The van der Waals surface area contributed by atoms with Crippen LogP contribution < -0.4 is 0 Å². The van der Waals surface area contributed by atoms with Gasteiger partial charge in [0.15, 0.2) is 0 Å². The molecule has 1 heterocycles. The van der Waals surface area contributed by atoms with E-state index in [4.69, 9.17) is 5.10 Å². The number of aromatic carboxylic acids is 1. The zero-order chi connectivity index (χ0) is 20.3. The van der Waals surface area contributed by atoms with Gasteiger partial charge in [-0.25, -0.2) is 4.79 Å². The van der Waals surface area contributed by atoms with Crippen LogP contribution in [0.1, 0.15) is 39.7 Å². The van der Waals surface area contributed by atoms with E-state index in [-0.39, 0.29) is 5.56 Å². The molecule has 0 spiro atoms. The van der Waals surface area contributed by atoms with Gasteiger partial charge in [-0.05, 0) is 23.1 Å². The molecule has 1 aromatic heterocycles. The summed E-state index contributed by atoms with van der Waals surface area (Å²) in [6.45, 7) is 1.92. The van der Waals surface area contributed by atoms with Crippen LogP contribution in [0.3, 0.4) is 0 Å². The molecule has 4 nitrogen and oxygen atoms in total. The second-order valence-electron chi connectivity index (χ2n) is 6.90. The van der Waals surface area contributed by atoms with Crippen molar-refractivity contribution in [3.8, 4) is 0 Å². The topological polar surface area (TPSA) is 55.1 Å². The van der Waals surface area contributed by atoms with Crippen LogP contribution in [0.4, 0.5) is 0 Å². The van der Waals surface area contributed by atoms with Gasteiger partial charge in [0.25, 0.3) is 0 Å². The number of aromatic nitrogens is 2. The maximum absolute atomic E-state index is 11.9. The van der Waals surface area contributed by atoms with Gasteiger partial charge in [-0.15, -0.1) is 0 Å². The first-order valence-corrected chi connectivity index (χ1v) is 9.66. The summed E-state index contributed by atoms with van der Waals surface area (Å²) in [5, 5.41) is 14.5. The van der Waals surface area contributed by atoms with E-state index in [1.807, 2.05) is 66.2 Å². The number of aryl methyl sites for hydroxylation is 1. The number of nitrogens with zero attached hydrogens (tertiary/aromatic N) is 2. The summed E-state index contributed by atoms with van der Waals surface area (Å²) in [5.41, 5.74) is 3.06. The summed E-state index contributed by atoms with van der Waals surface area (Å²) in [7, 11) is 0. The molecule has 0 aliphatic rings. The van der Waals surface area contributed by atoms with Crippen LogP contribution in [0, 0.1) is 0 Å². The van der Waals surface area contributed by atoms with Crippen molar-refractivity contribution >= 4 is 5.97 Å². The Balaban J connectivity index is 2.13. The number of benzene rings is 3. The van der Waals surface area contributed by atoms with E-state index in [1.165, 1.54) is 0 Å². The lowest BCUT2D eigenvalue weighted by molar-refractivity contribution is 0.0695. The molecule has 1 N–H and O–H groups in total. The smallest absolute Gasteiger partial charge is 0.339 e. The highest BCUT2D eigenvalue weighted by Crippen LogP contribution is 2.40. The molecule has 3 aromatic carbocycles. The van der Waals surface area contributed by atoms with Crippen molar-refractivity contribution in [2.75, 3.05) is 0 Å². The third-order valence-electron chi connectivity index (χ3n) is 5.27. The van der Waals surface area contributed by atoms with Gasteiger partial charge in [0.1, 0.15) is 11.1 Å². The zero-order valence-electron chi connectivity index (χ0n) is 16.2. The predicted octanol–water partition coefficient (Wildman–Crippen LogP) is 4.98. The Morgan fingerprint density at radius 1 is 0.828 bits per heavy atom. The van der Waals surface area contributed by atoms with E-state index >= 15 is 0 Å². The molecule has 4 rings (SSSR count). The third-order valence-corrected chi connectivity index (χ3v) is 5.27. The Morgan fingerprint density at radius 3 is 1.55 bits per heavy atom. The number of carboxylic acids is 1. The summed E-state index contributed by atoms with van der Waals surface area (Å²) < 4.78 is 1.81. The largest absolute Gasteiger partial charge is 0.478 e. The molecule has 4 heteroatoms. The lowest BCUT2D eigenvalue weighted by atomic mass is 9.77. The van der Waals surface area contributed by atoms with Crippen molar-refractivity contribution in [1.29, 1.82) is 0 Å². The molecule has 0 aliphatic carbocycles. The van der Waals surface area contributed by atoms with Crippen molar-refractivity contribution in [2.24, 2.45) is 0 Å². The zero-order valence-corrected chi connectivity index (χ0v) is 16.2. The molecule has 144 valence electrons. The highest BCUT2D eigenvalue weighted by atomic mass is 16.4. The Hall–Kier alpha value is -3.66. The Morgan fingerprint density at radius 2 is 1.24 bits per heavy atom. The van der Waals surface area contributed by atoms with Crippen molar-refractivity contribution in [3.63, 3.8) is 0 Å². The van der Waals surface area contributed by atoms with Crippen LogP contribution in [0.25, 0.3) is 0 Å². The van der Waals surface area contributed by atoms with E-state index in [1.54, 1.807) is 6.20 Å². The average Bonchev–Trinajstić information content (AvgIpc) is 3.22. The van der Waals surface area contributed by atoms with Crippen molar-refractivity contribution in [1.82, 2.24) is 9.78 Å². The molecule has 0 radical (unpaired) electrons. The molecular weight excluding hydrogens is 360 g/mol. The molecular formula is C25H22N2O2. The standard InChI is InChI=1S/C25H22N2O2/c1-2-23-22(24(28)29)18-27(26-23)25(19-12-6-3-7-13-19,20-14-8-4-9-15-20)21-16-10-5-11-17-21/h3-18H,2H2,1H3,(H,28,29). The predicted molar refractivity (Wildman–Crippen MR) is 113 cm³/mol. The quantitative estimate of drug-likeness (QED) is 0.478. The summed E-state index contributed by atoms with van der Waals surface area (Å²) >= 11 is 0. The number of hydrogen-bond acceptors (Lipinski definition) is 2. The molecule has 0 amide bonds. The van der Waals surface area contributed by atoms with Crippen molar-refractivity contribution in [3.05, 3.63) is 125 Å². The molecule has 0 unspecified atom stereocenters. The number of carboxylic acid groups (broad SMARTS) is 1. The number of rotatable bonds is 6. The van der Waals surface area contributed by atoms with Crippen LogP contribution in [0.15, 0.2) is 97.2 Å². The fourth-order valence-corrected chi connectivity index (χ4v) is 3.96. The molecule has 0 fully saturated rings. The Kier molecular flexibility index (Phi) is 5.00. The minimum Gasteiger partial charge on any atom is -0.478 e. The van der Waals surface area contributed by atoms with Crippen LogP contribution in [0.2, 0.25) is 0 Å². The maximum atomic E-state index is 11.9. The normalized spacial score (nSPS) is 11.3. The summed E-state index contributed by atoms with van der Waals surface area (Å²) in [6, 6.07) is 30.3. The van der Waals surface area contributed by atoms with Crippen LogP contribution in [-0.4, -0.2) is 20.9 Å². The van der Waals surface area contributed by atoms with Gasteiger partial charge in [-0.2, -0.15) is 5.10 Å². The van der Waals surface area contributed by atoms with E-state index in [9.17, 15) is 9.90 Å². The first kappa shape index (κ1) is 18.7. The Labute approximate surface area is 170 Å². The van der Waals surface area contributed by atoms with Crippen LogP contribution >= 0.6 is 0 Å². The second kappa shape index (κ2) is 7.76. The monoisotopic (exact) mass is 382 g/mol. The van der Waals surface area contributed by atoms with Crippen molar-refractivity contribution in [2.45, 2.75) is 18.9 Å². The van der Waals surface area contributed by atoms with Crippen LogP contribution in [0.5, 0.6) is 0 Å². The summed E-state index contributed by atoms with van der Waals surface area (Å²) in [5.74, 6) is -0.962. The van der Waals surface area contributed by atoms with Crippen molar-refractivity contribution < 1.29 is 9.90 Å². The lowest BCUT2D eigenvalue weighted by Gasteiger charge is -2.36. The minimum atomic E-state index is -0.962. The van der Waals surface area contributed by atoms with E-state index in [0.29, 0.717) is 12.1 Å². The van der Waals surface area contributed by atoms with Gasteiger partial charge in [0.2, 0.25) is 0 Å². The SMILES string of the molecule is CCc1nn(C(c2ccccc2)(c2ccccc2)c2ccccc2)cc1C(=O)O. The molecule has 0 bridgehead atoms. The van der Waals surface area contributed by atoms with Gasteiger partial charge in [0, 0.05) is 6.20 Å². The summed E-state index contributed by atoms with van der Waals surface area (Å²) in [4.78, 5) is 11.9. The van der Waals surface area contributed by atoms with Gasteiger partial charge in [-0.3, -0.25) is 4.68 Å². The fraction of sp³-hybridized carbons (Fsp3) is 0.120. The second-order valence-corrected chi connectivity index (χ2v) is 6.90. The lowest BCUT2D eigenvalue weighted by Crippen LogP contribution is -2.38. The first-order valence-electron chi connectivity index (χ1n) is 9.66. The number of hydrogen-bond donors (Lipinski definition) is 1. The van der Waals surface area contributed by atoms with E-state index in [2.05, 4.69) is 36.4 Å². The highest BCUT2D eigenvalue weighted by molar-refractivity contribution is 5.88. The van der Waals surface area contributed by atoms with Gasteiger partial charge in [0.05, 0.1) is 5.69 Å². The van der Waals surface area contributed by atoms with E-state index in [0.717, 1.165) is 16.7 Å². The third kappa shape index (κ3) is 3.13. The van der Waals surface area contributed by atoms with E-state index < -0.39 is 11.5 Å². The minimum absolute atomic E-state index is 0.236. The molecule has 4 aromatic rings. The maximum Gasteiger partial charge on any atom is 0.339 e. The average molecular weight is 382 g/mol. The molecule has 0 aliphatic heterocycles. The number of carbonyl (C=O) groups is 1. The van der Waals surface area contributed by atoms with Crippen LogP contribution in [-0.2, 0) is 12.0 Å². The Bertz CT molecular complexity index is 1010. The molecule has 0 saturated carbocycles. The molecule has 0 saturated heterocycles. The summed E-state index contributed by atoms with van der Waals surface area (Å²) in [6.07, 6.45) is 2.21. The molecule has 29 heavy (non-hydrogen) atoms. The fourth-order valence-electron chi connectivity index (χ4n) is 3.96. The van der Waals surface area contributed by atoms with Gasteiger partial charge >= 0.3 is 5.97 Å². The van der Waals surface area contributed by atoms with Gasteiger partial charge in [-0.1, -0.05) is 97.9 Å². The van der Waals surface area contributed by atoms with Gasteiger partial charge < -0.3 is 5.11 Å². The molecule has 0 atom stereocenters.